The molecular weight excluding hydrogens is 358 g/mol. The van der Waals surface area contributed by atoms with Gasteiger partial charge in [0.05, 0.1) is 0 Å². The molecule has 3 aromatic rings. The number of fused-ring (bicyclic) bond motifs is 2. The van der Waals surface area contributed by atoms with Crippen molar-refractivity contribution in [1.82, 2.24) is 10.2 Å². The van der Waals surface area contributed by atoms with Crippen molar-refractivity contribution in [3.8, 4) is 23.0 Å². The summed E-state index contributed by atoms with van der Waals surface area (Å²) in [6, 6.07) is 11.3. The van der Waals surface area contributed by atoms with Crippen molar-refractivity contribution in [2.45, 2.75) is 25.7 Å². The SMILES string of the molecule is O=C(Nc1nnc(-c2ccc3c(c2)CCCC3)o1)c1ccc2c(c1)OCCO2. The van der Waals surface area contributed by atoms with Gasteiger partial charge < -0.3 is 13.9 Å². The molecule has 1 aromatic heterocycles. The van der Waals surface area contributed by atoms with Crippen LogP contribution in [0.2, 0.25) is 0 Å². The topological polar surface area (TPSA) is 86.5 Å². The standard InChI is InChI=1S/C21H19N3O4/c25-19(15-7-8-17-18(12-15)27-10-9-26-17)22-21-24-23-20(28-21)16-6-5-13-3-1-2-4-14(13)11-16/h5-8,11-12H,1-4,9-10H2,(H,22,24,25). The summed E-state index contributed by atoms with van der Waals surface area (Å²) in [4.78, 5) is 12.5. The first-order valence-electron chi connectivity index (χ1n) is 9.43. The zero-order valence-electron chi connectivity index (χ0n) is 15.2. The molecule has 142 valence electrons. The lowest BCUT2D eigenvalue weighted by molar-refractivity contribution is 0.102. The van der Waals surface area contributed by atoms with Crippen LogP contribution in [0.4, 0.5) is 6.01 Å². The van der Waals surface area contributed by atoms with E-state index in [9.17, 15) is 4.79 Å². The van der Waals surface area contributed by atoms with Crippen LogP contribution in [0, 0.1) is 0 Å². The highest BCUT2D eigenvalue weighted by Crippen LogP contribution is 2.31. The van der Waals surface area contributed by atoms with Gasteiger partial charge in [0, 0.05) is 11.1 Å². The Hall–Kier alpha value is -3.35. The predicted octanol–water partition coefficient (Wildman–Crippen LogP) is 3.64. The van der Waals surface area contributed by atoms with Gasteiger partial charge in [-0.2, -0.15) is 0 Å². The van der Waals surface area contributed by atoms with E-state index < -0.39 is 0 Å². The molecule has 1 amide bonds. The lowest BCUT2D eigenvalue weighted by atomic mass is 9.90. The molecule has 1 N–H and O–H groups in total. The Bertz CT molecular complexity index is 1040. The van der Waals surface area contributed by atoms with Gasteiger partial charge in [-0.3, -0.25) is 10.1 Å². The highest BCUT2D eigenvalue weighted by atomic mass is 16.6. The molecule has 0 saturated carbocycles. The minimum Gasteiger partial charge on any atom is -0.486 e. The van der Waals surface area contributed by atoms with Gasteiger partial charge >= 0.3 is 6.01 Å². The Morgan fingerprint density at radius 2 is 1.71 bits per heavy atom. The van der Waals surface area contributed by atoms with Crippen molar-refractivity contribution in [3.63, 3.8) is 0 Å². The quantitative estimate of drug-likeness (QED) is 0.750. The molecule has 28 heavy (non-hydrogen) atoms. The van der Waals surface area contributed by atoms with Gasteiger partial charge in [0.1, 0.15) is 13.2 Å². The van der Waals surface area contributed by atoms with Gasteiger partial charge in [0.25, 0.3) is 5.91 Å². The van der Waals surface area contributed by atoms with Gasteiger partial charge in [0.15, 0.2) is 11.5 Å². The molecule has 0 radical (unpaired) electrons. The van der Waals surface area contributed by atoms with Crippen molar-refractivity contribution < 1.29 is 18.7 Å². The molecule has 0 spiro atoms. The third-order valence-corrected chi connectivity index (χ3v) is 5.05. The number of hydrogen-bond donors (Lipinski definition) is 1. The molecule has 0 unspecified atom stereocenters. The zero-order valence-corrected chi connectivity index (χ0v) is 15.2. The van der Waals surface area contributed by atoms with Crippen molar-refractivity contribution in [2.75, 3.05) is 18.5 Å². The molecule has 0 bridgehead atoms. The highest BCUT2D eigenvalue weighted by Gasteiger charge is 2.18. The van der Waals surface area contributed by atoms with E-state index in [1.54, 1.807) is 18.2 Å². The van der Waals surface area contributed by atoms with Crippen LogP contribution >= 0.6 is 0 Å². The smallest absolute Gasteiger partial charge is 0.322 e. The van der Waals surface area contributed by atoms with Crippen LogP contribution in [-0.2, 0) is 12.8 Å². The molecule has 5 rings (SSSR count). The van der Waals surface area contributed by atoms with Crippen LogP contribution in [0.1, 0.15) is 34.3 Å². The summed E-state index contributed by atoms with van der Waals surface area (Å²) in [7, 11) is 0. The second kappa shape index (κ2) is 6.99. The predicted molar refractivity (Wildman–Crippen MR) is 102 cm³/mol. The van der Waals surface area contributed by atoms with E-state index >= 15 is 0 Å². The Morgan fingerprint density at radius 1 is 0.893 bits per heavy atom. The van der Waals surface area contributed by atoms with Crippen LogP contribution in [0.15, 0.2) is 40.8 Å². The van der Waals surface area contributed by atoms with E-state index in [1.807, 2.05) is 6.07 Å². The molecule has 1 aliphatic carbocycles. The number of anilines is 1. The second-order valence-corrected chi connectivity index (χ2v) is 6.92. The number of ether oxygens (including phenoxy) is 2. The van der Waals surface area contributed by atoms with Crippen LogP contribution < -0.4 is 14.8 Å². The van der Waals surface area contributed by atoms with Crippen molar-refractivity contribution in [3.05, 3.63) is 53.1 Å². The Kier molecular flexibility index (Phi) is 4.20. The van der Waals surface area contributed by atoms with Crippen molar-refractivity contribution in [1.29, 1.82) is 0 Å². The molecule has 2 aliphatic rings. The van der Waals surface area contributed by atoms with Crippen molar-refractivity contribution >= 4 is 11.9 Å². The molecule has 0 saturated heterocycles. The minimum atomic E-state index is -0.349. The fourth-order valence-corrected chi connectivity index (χ4v) is 3.61. The number of aryl methyl sites for hydroxylation is 2. The van der Waals surface area contributed by atoms with E-state index in [0.717, 1.165) is 18.4 Å². The number of nitrogens with zero attached hydrogens (tertiary/aromatic N) is 2. The normalized spacial score (nSPS) is 15.0. The molecular formula is C21H19N3O4. The molecule has 2 heterocycles. The first-order valence-corrected chi connectivity index (χ1v) is 9.43. The van der Waals surface area contributed by atoms with E-state index in [-0.39, 0.29) is 11.9 Å². The number of amides is 1. The van der Waals surface area contributed by atoms with Gasteiger partial charge in [-0.1, -0.05) is 11.2 Å². The Morgan fingerprint density at radius 3 is 2.61 bits per heavy atom. The molecule has 7 nitrogen and oxygen atoms in total. The van der Waals surface area contributed by atoms with Gasteiger partial charge in [-0.25, -0.2) is 0 Å². The van der Waals surface area contributed by atoms with Gasteiger partial charge in [-0.15, -0.1) is 5.10 Å². The molecule has 2 aromatic carbocycles. The number of hydrogen-bond acceptors (Lipinski definition) is 6. The van der Waals surface area contributed by atoms with Gasteiger partial charge in [-0.05, 0) is 67.1 Å². The summed E-state index contributed by atoms with van der Waals surface area (Å²) in [6.45, 7) is 0.970. The van der Waals surface area contributed by atoms with Gasteiger partial charge in [0.2, 0.25) is 5.89 Å². The lowest BCUT2D eigenvalue weighted by Crippen LogP contribution is -2.17. The first kappa shape index (κ1) is 16.8. The molecule has 0 fully saturated rings. The van der Waals surface area contributed by atoms with Crippen molar-refractivity contribution in [2.24, 2.45) is 0 Å². The third kappa shape index (κ3) is 3.19. The van der Waals surface area contributed by atoms with Crippen LogP contribution in [0.5, 0.6) is 11.5 Å². The largest absolute Gasteiger partial charge is 0.486 e. The average molecular weight is 377 g/mol. The maximum atomic E-state index is 12.5. The minimum absolute atomic E-state index is 0.0626. The number of carbonyl (C=O) groups excluding carboxylic acids is 1. The fraction of sp³-hybridized carbons (Fsp3) is 0.286. The van der Waals surface area contributed by atoms with Crippen LogP contribution in [-0.4, -0.2) is 29.3 Å². The molecule has 1 aliphatic heterocycles. The number of aromatic nitrogens is 2. The highest BCUT2D eigenvalue weighted by molar-refractivity contribution is 6.03. The average Bonchev–Trinajstić information content (AvgIpc) is 3.21. The Balaban J connectivity index is 1.33. The van der Waals surface area contributed by atoms with E-state index in [0.29, 0.717) is 36.2 Å². The summed E-state index contributed by atoms with van der Waals surface area (Å²) in [5, 5.41) is 10.7. The number of nitrogens with one attached hydrogen (secondary N) is 1. The van der Waals surface area contributed by atoms with E-state index in [4.69, 9.17) is 13.9 Å². The molecule has 0 atom stereocenters. The van der Waals surface area contributed by atoms with E-state index in [1.165, 1.54) is 24.0 Å². The summed E-state index contributed by atoms with van der Waals surface area (Å²) in [6.07, 6.45) is 4.64. The first-order chi connectivity index (χ1) is 13.8. The monoisotopic (exact) mass is 377 g/mol. The Labute approximate surface area is 161 Å². The second-order valence-electron chi connectivity index (χ2n) is 6.92. The fourth-order valence-electron chi connectivity index (χ4n) is 3.61. The number of benzene rings is 2. The van der Waals surface area contributed by atoms with Crippen LogP contribution in [0.3, 0.4) is 0 Å². The maximum Gasteiger partial charge on any atom is 0.322 e. The number of rotatable bonds is 3. The summed E-state index contributed by atoms with van der Waals surface area (Å²) < 4.78 is 16.6. The van der Waals surface area contributed by atoms with Crippen LogP contribution in [0.25, 0.3) is 11.5 Å². The van der Waals surface area contributed by atoms with E-state index in [2.05, 4.69) is 27.6 Å². The summed E-state index contributed by atoms with van der Waals surface area (Å²) >= 11 is 0. The summed E-state index contributed by atoms with van der Waals surface area (Å²) in [5.41, 5.74) is 4.02. The number of carbonyl (C=O) groups is 1. The maximum absolute atomic E-state index is 12.5. The zero-order chi connectivity index (χ0) is 18.9. The third-order valence-electron chi connectivity index (χ3n) is 5.05. The summed E-state index contributed by atoms with van der Waals surface area (Å²) in [5.74, 6) is 1.23. The molecule has 7 heteroatoms. The lowest BCUT2D eigenvalue weighted by Gasteiger charge is -2.18.